The third kappa shape index (κ3) is 3.49. The molecule has 0 bridgehead atoms. The molecule has 218 valence electrons. The number of benzene rings is 6. The van der Waals surface area contributed by atoms with Crippen LogP contribution in [-0.2, 0) is 11.0 Å². The Morgan fingerprint density at radius 3 is 1.65 bits per heavy atom. The van der Waals surface area contributed by atoms with Crippen LogP contribution in [-0.4, -0.2) is 6.61 Å². The summed E-state index contributed by atoms with van der Waals surface area (Å²) in [6.45, 7) is 2.46. The summed E-state index contributed by atoms with van der Waals surface area (Å²) in [6.07, 6.45) is 7.80. The van der Waals surface area contributed by atoms with E-state index in [2.05, 4.69) is 146 Å². The summed E-state index contributed by atoms with van der Waals surface area (Å²) >= 11 is 0. The first-order chi connectivity index (χ1) is 22.6. The van der Waals surface area contributed by atoms with Gasteiger partial charge in [-0.2, -0.15) is 0 Å². The van der Waals surface area contributed by atoms with Crippen molar-refractivity contribution in [2.24, 2.45) is 0 Å². The fourth-order valence-corrected chi connectivity index (χ4v) is 8.19. The van der Waals surface area contributed by atoms with Crippen LogP contribution in [0.5, 0.6) is 11.5 Å². The Morgan fingerprint density at radius 2 is 1.09 bits per heavy atom. The monoisotopic (exact) mass is 590 g/mol. The minimum absolute atomic E-state index is 0.239. The van der Waals surface area contributed by atoms with E-state index >= 15 is 0 Å². The fourth-order valence-electron chi connectivity index (χ4n) is 8.19. The number of rotatable bonds is 4. The van der Waals surface area contributed by atoms with Crippen LogP contribution in [0.2, 0.25) is 0 Å². The quantitative estimate of drug-likeness (QED) is 0.190. The molecule has 6 aromatic rings. The molecular weight excluding hydrogens is 560 g/mol. The van der Waals surface area contributed by atoms with E-state index < -0.39 is 11.0 Å². The Morgan fingerprint density at radius 1 is 0.587 bits per heavy atom. The minimum Gasteiger partial charge on any atom is -0.481 e. The average molecular weight is 591 g/mol. The number of hydrogen-bond acceptors (Lipinski definition) is 2. The lowest BCUT2D eigenvalue weighted by molar-refractivity contribution is 0.165. The molecule has 0 aromatic heterocycles. The molecule has 0 atom stereocenters. The van der Waals surface area contributed by atoms with E-state index in [0.717, 1.165) is 17.1 Å². The summed E-state index contributed by atoms with van der Waals surface area (Å²) in [5.74, 6) is 4.22. The van der Waals surface area contributed by atoms with Gasteiger partial charge in [0.2, 0.25) is 0 Å². The van der Waals surface area contributed by atoms with E-state index in [9.17, 15) is 0 Å². The standard InChI is InChI=1S/C44H30O2/c1-3-26-45-32-23-20-30(21-24-32)44(40-18-10-6-14-35(40)36-15-7-11-19-41(36)44)31-22-25-42-37(27-31)29(2)28-43(46-42)38-16-8-4-12-33(38)34-13-5-9-17-39(34)43/h1,4-25,27-28H,26H2,2H3. The SMILES string of the molecule is C#CCOc1ccc(C2(c3ccc4c(c3)C(C)=CC3(O4)c4ccccc4-c4ccccc43)c3ccccc3-c3ccccc32)cc1. The molecule has 1 aliphatic heterocycles. The van der Waals surface area contributed by atoms with Gasteiger partial charge < -0.3 is 9.47 Å². The van der Waals surface area contributed by atoms with E-state index in [1.54, 1.807) is 0 Å². The molecule has 9 rings (SSSR count). The molecule has 46 heavy (non-hydrogen) atoms. The predicted molar refractivity (Wildman–Crippen MR) is 185 cm³/mol. The van der Waals surface area contributed by atoms with Gasteiger partial charge in [0, 0.05) is 16.7 Å². The van der Waals surface area contributed by atoms with Crippen molar-refractivity contribution in [3.63, 3.8) is 0 Å². The van der Waals surface area contributed by atoms with Gasteiger partial charge in [0.25, 0.3) is 0 Å². The molecule has 0 radical (unpaired) electrons. The summed E-state index contributed by atoms with van der Waals surface area (Å²) in [5, 5.41) is 0. The molecule has 0 saturated carbocycles. The Labute approximate surface area is 269 Å². The van der Waals surface area contributed by atoms with Gasteiger partial charge in [0.1, 0.15) is 18.1 Å². The fraction of sp³-hybridized carbons (Fsp3) is 0.0909. The highest BCUT2D eigenvalue weighted by atomic mass is 16.5. The van der Waals surface area contributed by atoms with Crippen molar-refractivity contribution in [1.82, 2.24) is 0 Å². The summed E-state index contributed by atoms with van der Waals surface area (Å²) in [5.41, 5.74) is 13.4. The second-order valence-electron chi connectivity index (χ2n) is 12.3. The highest BCUT2D eigenvalue weighted by Gasteiger charge is 2.48. The maximum atomic E-state index is 7.14. The molecule has 0 unspecified atom stereocenters. The summed E-state index contributed by atoms with van der Waals surface area (Å²) in [4.78, 5) is 0. The topological polar surface area (TPSA) is 18.5 Å². The highest BCUT2D eigenvalue weighted by Crippen LogP contribution is 2.58. The summed E-state index contributed by atoms with van der Waals surface area (Å²) < 4.78 is 12.9. The lowest BCUT2D eigenvalue weighted by Gasteiger charge is -2.38. The zero-order valence-electron chi connectivity index (χ0n) is 25.5. The largest absolute Gasteiger partial charge is 0.481 e. The lowest BCUT2D eigenvalue weighted by atomic mass is 9.67. The number of allylic oxidation sites excluding steroid dienone is 1. The van der Waals surface area contributed by atoms with Gasteiger partial charge >= 0.3 is 0 Å². The summed E-state index contributed by atoms with van der Waals surface area (Å²) in [7, 11) is 0. The predicted octanol–water partition coefficient (Wildman–Crippen LogP) is 9.78. The normalized spacial score (nSPS) is 15.3. The third-order valence-corrected chi connectivity index (χ3v) is 10.0. The number of hydrogen-bond donors (Lipinski definition) is 0. The maximum absolute atomic E-state index is 7.14. The molecule has 3 aliphatic rings. The zero-order valence-corrected chi connectivity index (χ0v) is 25.5. The Bertz CT molecular complexity index is 2170. The Kier molecular flexibility index (Phi) is 5.70. The zero-order chi connectivity index (χ0) is 30.9. The smallest absolute Gasteiger partial charge is 0.179 e. The first kappa shape index (κ1) is 26.6. The maximum Gasteiger partial charge on any atom is 0.179 e. The van der Waals surface area contributed by atoms with Crippen LogP contribution in [0.4, 0.5) is 0 Å². The molecule has 2 aliphatic carbocycles. The van der Waals surface area contributed by atoms with Gasteiger partial charge in [0.05, 0.1) is 5.41 Å². The first-order valence-electron chi connectivity index (χ1n) is 15.7. The van der Waals surface area contributed by atoms with Gasteiger partial charge in [-0.15, -0.1) is 6.42 Å². The van der Waals surface area contributed by atoms with Crippen LogP contribution in [0.15, 0.2) is 146 Å². The Balaban J connectivity index is 1.26. The van der Waals surface area contributed by atoms with Gasteiger partial charge in [-0.1, -0.05) is 121 Å². The van der Waals surface area contributed by atoms with Gasteiger partial charge in [-0.3, -0.25) is 0 Å². The number of ether oxygens (including phenoxy) is 2. The van der Waals surface area contributed by atoms with Crippen LogP contribution in [0.1, 0.15) is 45.9 Å². The third-order valence-electron chi connectivity index (χ3n) is 10.0. The first-order valence-corrected chi connectivity index (χ1v) is 15.7. The Hall–Kier alpha value is -5.78. The molecule has 0 N–H and O–H groups in total. The van der Waals surface area contributed by atoms with Crippen molar-refractivity contribution in [1.29, 1.82) is 0 Å². The van der Waals surface area contributed by atoms with Crippen LogP contribution in [0.3, 0.4) is 0 Å². The molecule has 0 amide bonds. The second-order valence-corrected chi connectivity index (χ2v) is 12.3. The van der Waals surface area contributed by atoms with Crippen molar-refractivity contribution in [2.75, 3.05) is 6.61 Å². The van der Waals surface area contributed by atoms with Crippen LogP contribution in [0.25, 0.3) is 27.8 Å². The van der Waals surface area contributed by atoms with E-state index in [0.29, 0.717) is 0 Å². The van der Waals surface area contributed by atoms with Gasteiger partial charge in [-0.05, 0) is 87.3 Å². The van der Waals surface area contributed by atoms with Crippen molar-refractivity contribution in [2.45, 2.75) is 17.9 Å². The lowest BCUT2D eigenvalue weighted by Crippen LogP contribution is -2.33. The average Bonchev–Trinajstić information content (AvgIpc) is 3.56. The van der Waals surface area contributed by atoms with Crippen LogP contribution in [0, 0.1) is 12.3 Å². The number of terminal acetylenes is 1. The molecule has 6 aromatic carbocycles. The van der Waals surface area contributed by atoms with Crippen LogP contribution >= 0.6 is 0 Å². The molecule has 2 heteroatoms. The van der Waals surface area contributed by atoms with Crippen molar-refractivity contribution in [3.05, 3.63) is 185 Å². The molecule has 2 nitrogen and oxygen atoms in total. The van der Waals surface area contributed by atoms with Crippen LogP contribution < -0.4 is 9.47 Å². The van der Waals surface area contributed by atoms with Gasteiger partial charge in [0.15, 0.2) is 5.60 Å². The van der Waals surface area contributed by atoms with Crippen molar-refractivity contribution >= 4 is 5.57 Å². The molecule has 1 spiro atoms. The summed E-state index contributed by atoms with van der Waals surface area (Å²) in [6, 6.07) is 50.1. The molecule has 0 saturated heterocycles. The highest BCUT2D eigenvalue weighted by molar-refractivity contribution is 5.88. The molecule has 0 fully saturated rings. The second kappa shape index (κ2) is 9.86. The van der Waals surface area contributed by atoms with Crippen molar-refractivity contribution < 1.29 is 9.47 Å². The van der Waals surface area contributed by atoms with E-state index in [1.165, 1.54) is 61.2 Å². The van der Waals surface area contributed by atoms with E-state index in [-0.39, 0.29) is 6.61 Å². The number of fused-ring (bicyclic) bond motifs is 9. The minimum atomic E-state index is -0.662. The molecular formula is C44H30O2. The van der Waals surface area contributed by atoms with Gasteiger partial charge in [-0.25, -0.2) is 0 Å². The molecule has 1 heterocycles. The van der Waals surface area contributed by atoms with E-state index in [1.807, 2.05) is 12.1 Å². The van der Waals surface area contributed by atoms with E-state index in [4.69, 9.17) is 15.9 Å². The van der Waals surface area contributed by atoms with Crippen molar-refractivity contribution in [3.8, 4) is 46.1 Å².